The standard InChI is InChI=1S/C13H14N6O2/c1-8-9(7-18(2)17-8)6-14-13-15-11-4-3-10(19(20)21)5-12(11)16-13/h3-5,7H,6H2,1-2H3,(H2,14,15,16). The summed E-state index contributed by atoms with van der Waals surface area (Å²) in [5.74, 6) is 0.578. The van der Waals surface area contributed by atoms with Gasteiger partial charge < -0.3 is 10.3 Å². The second kappa shape index (κ2) is 4.89. The maximum absolute atomic E-state index is 10.7. The minimum Gasteiger partial charge on any atom is -0.352 e. The molecular weight excluding hydrogens is 272 g/mol. The van der Waals surface area contributed by atoms with Gasteiger partial charge in [0.2, 0.25) is 5.95 Å². The molecule has 3 rings (SSSR count). The summed E-state index contributed by atoms with van der Waals surface area (Å²) in [6, 6.07) is 4.55. The Labute approximate surface area is 120 Å². The maximum Gasteiger partial charge on any atom is 0.271 e. The number of rotatable bonds is 4. The van der Waals surface area contributed by atoms with E-state index in [0.717, 1.165) is 11.3 Å². The molecule has 0 spiro atoms. The van der Waals surface area contributed by atoms with Crippen LogP contribution >= 0.6 is 0 Å². The number of hydrogen-bond donors (Lipinski definition) is 2. The average Bonchev–Trinajstić information content (AvgIpc) is 2.97. The van der Waals surface area contributed by atoms with E-state index in [0.29, 0.717) is 23.5 Å². The largest absolute Gasteiger partial charge is 0.352 e. The van der Waals surface area contributed by atoms with Crippen LogP contribution in [-0.4, -0.2) is 24.7 Å². The topological polar surface area (TPSA) is 102 Å². The zero-order valence-corrected chi connectivity index (χ0v) is 11.6. The normalized spacial score (nSPS) is 11.0. The predicted molar refractivity (Wildman–Crippen MR) is 78.0 cm³/mol. The number of anilines is 1. The van der Waals surface area contributed by atoms with Crippen LogP contribution in [0.25, 0.3) is 11.0 Å². The first-order valence-corrected chi connectivity index (χ1v) is 6.40. The van der Waals surface area contributed by atoms with Gasteiger partial charge in [0.1, 0.15) is 0 Å². The third kappa shape index (κ3) is 2.55. The van der Waals surface area contributed by atoms with Crippen LogP contribution in [-0.2, 0) is 13.6 Å². The van der Waals surface area contributed by atoms with E-state index in [9.17, 15) is 10.1 Å². The van der Waals surface area contributed by atoms with Crippen LogP contribution in [0, 0.1) is 17.0 Å². The number of aromatic nitrogens is 4. The molecule has 0 aliphatic heterocycles. The molecule has 0 saturated carbocycles. The monoisotopic (exact) mass is 286 g/mol. The number of hydrogen-bond acceptors (Lipinski definition) is 5. The van der Waals surface area contributed by atoms with Crippen molar-refractivity contribution in [1.82, 2.24) is 19.7 Å². The number of fused-ring (bicyclic) bond motifs is 1. The molecule has 0 aliphatic carbocycles. The summed E-state index contributed by atoms with van der Waals surface area (Å²) < 4.78 is 1.76. The fourth-order valence-electron chi connectivity index (χ4n) is 2.20. The number of H-pyrrole nitrogens is 1. The van der Waals surface area contributed by atoms with E-state index in [-0.39, 0.29) is 5.69 Å². The van der Waals surface area contributed by atoms with Crippen molar-refractivity contribution in [3.8, 4) is 0 Å². The summed E-state index contributed by atoms with van der Waals surface area (Å²) >= 11 is 0. The van der Waals surface area contributed by atoms with E-state index in [2.05, 4.69) is 20.4 Å². The molecule has 0 amide bonds. The molecule has 0 bridgehead atoms. The van der Waals surface area contributed by atoms with Crippen LogP contribution < -0.4 is 5.32 Å². The highest BCUT2D eigenvalue weighted by atomic mass is 16.6. The molecule has 0 radical (unpaired) electrons. The molecule has 8 nitrogen and oxygen atoms in total. The molecule has 1 aromatic carbocycles. The van der Waals surface area contributed by atoms with E-state index < -0.39 is 4.92 Å². The van der Waals surface area contributed by atoms with Crippen molar-refractivity contribution in [1.29, 1.82) is 0 Å². The van der Waals surface area contributed by atoms with Gasteiger partial charge in [-0.05, 0) is 13.0 Å². The highest BCUT2D eigenvalue weighted by Gasteiger charge is 2.10. The lowest BCUT2D eigenvalue weighted by atomic mass is 10.3. The lowest BCUT2D eigenvalue weighted by molar-refractivity contribution is -0.384. The van der Waals surface area contributed by atoms with Crippen LogP contribution in [0.4, 0.5) is 11.6 Å². The third-order valence-electron chi connectivity index (χ3n) is 3.24. The Bertz CT molecular complexity index is 819. The molecule has 21 heavy (non-hydrogen) atoms. The molecule has 0 unspecified atom stereocenters. The molecule has 0 atom stereocenters. The zero-order chi connectivity index (χ0) is 15.0. The first-order valence-electron chi connectivity index (χ1n) is 6.40. The van der Waals surface area contributed by atoms with Crippen LogP contribution in [0.1, 0.15) is 11.3 Å². The third-order valence-corrected chi connectivity index (χ3v) is 3.24. The van der Waals surface area contributed by atoms with Crippen molar-refractivity contribution < 1.29 is 4.92 Å². The molecule has 3 aromatic rings. The Hall–Kier alpha value is -2.90. The SMILES string of the molecule is Cc1nn(C)cc1CNc1nc2ccc([N+](=O)[O-])cc2[nH]1. The van der Waals surface area contributed by atoms with Crippen molar-refractivity contribution in [2.45, 2.75) is 13.5 Å². The summed E-state index contributed by atoms with van der Waals surface area (Å²) in [4.78, 5) is 17.7. The number of aromatic amines is 1. The quantitative estimate of drug-likeness (QED) is 0.565. The second-order valence-electron chi connectivity index (χ2n) is 4.81. The van der Waals surface area contributed by atoms with Crippen molar-refractivity contribution in [3.05, 3.63) is 45.8 Å². The lowest BCUT2D eigenvalue weighted by Gasteiger charge is -2.00. The fourth-order valence-corrected chi connectivity index (χ4v) is 2.20. The average molecular weight is 286 g/mol. The van der Waals surface area contributed by atoms with E-state index >= 15 is 0 Å². The van der Waals surface area contributed by atoms with Gasteiger partial charge in [-0.15, -0.1) is 0 Å². The zero-order valence-electron chi connectivity index (χ0n) is 11.6. The van der Waals surface area contributed by atoms with E-state index in [1.165, 1.54) is 12.1 Å². The molecule has 2 heterocycles. The van der Waals surface area contributed by atoms with Gasteiger partial charge in [-0.1, -0.05) is 0 Å². The summed E-state index contributed by atoms with van der Waals surface area (Å²) in [7, 11) is 1.87. The van der Waals surface area contributed by atoms with Gasteiger partial charge in [0.25, 0.3) is 5.69 Å². The first kappa shape index (κ1) is 13.1. The number of nitro groups is 1. The van der Waals surface area contributed by atoms with Gasteiger partial charge in [0.05, 0.1) is 21.7 Å². The smallest absolute Gasteiger partial charge is 0.271 e. The number of imidazole rings is 1. The Morgan fingerprint density at radius 1 is 1.48 bits per heavy atom. The second-order valence-corrected chi connectivity index (χ2v) is 4.81. The van der Waals surface area contributed by atoms with Crippen molar-refractivity contribution in [3.63, 3.8) is 0 Å². The van der Waals surface area contributed by atoms with E-state index in [4.69, 9.17) is 0 Å². The summed E-state index contributed by atoms with van der Waals surface area (Å²) in [5, 5.41) is 18.2. The number of non-ortho nitro benzene ring substituents is 1. The predicted octanol–water partition coefficient (Wildman–Crippen LogP) is 2.13. The number of nitro benzene ring substituents is 1. The van der Waals surface area contributed by atoms with Crippen LogP contribution in [0.15, 0.2) is 24.4 Å². The molecule has 0 aliphatic rings. The van der Waals surface area contributed by atoms with Crippen LogP contribution in [0.3, 0.4) is 0 Å². The highest BCUT2D eigenvalue weighted by Crippen LogP contribution is 2.20. The summed E-state index contributed by atoms with van der Waals surface area (Å²) in [6.45, 7) is 2.53. The van der Waals surface area contributed by atoms with Gasteiger partial charge in [-0.3, -0.25) is 14.8 Å². The molecule has 0 saturated heterocycles. The van der Waals surface area contributed by atoms with Gasteiger partial charge in [-0.25, -0.2) is 4.98 Å². The van der Waals surface area contributed by atoms with Gasteiger partial charge in [0.15, 0.2) is 0 Å². The number of aryl methyl sites for hydroxylation is 2. The molecule has 108 valence electrons. The Morgan fingerprint density at radius 2 is 2.29 bits per heavy atom. The lowest BCUT2D eigenvalue weighted by Crippen LogP contribution is -2.01. The van der Waals surface area contributed by atoms with Gasteiger partial charge in [0, 0.05) is 37.5 Å². The minimum absolute atomic E-state index is 0.0424. The Kier molecular flexibility index (Phi) is 3.05. The Balaban J connectivity index is 1.81. The van der Waals surface area contributed by atoms with Crippen LogP contribution in [0.5, 0.6) is 0 Å². The van der Waals surface area contributed by atoms with E-state index in [1.54, 1.807) is 10.7 Å². The Morgan fingerprint density at radius 3 is 2.95 bits per heavy atom. The van der Waals surface area contributed by atoms with Crippen molar-refractivity contribution in [2.75, 3.05) is 5.32 Å². The van der Waals surface area contributed by atoms with E-state index in [1.807, 2.05) is 20.2 Å². The first-order chi connectivity index (χ1) is 10.0. The highest BCUT2D eigenvalue weighted by molar-refractivity contribution is 5.79. The molecular formula is C13H14N6O2. The maximum atomic E-state index is 10.7. The van der Waals surface area contributed by atoms with Gasteiger partial charge >= 0.3 is 0 Å². The number of nitrogens with zero attached hydrogens (tertiary/aromatic N) is 4. The number of nitrogens with one attached hydrogen (secondary N) is 2. The fraction of sp³-hybridized carbons (Fsp3) is 0.231. The van der Waals surface area contributed by atoms with Crippen LogP contribution in [0.2, 0.25) is 0 Å². The van der Waals surface area contributed by atoms with Gasteiger partial charge in [-0.2, -0.15) is 5.10 Å². The van der Waals surface area contributed by atoms with Crippen molar-refractivity contribution in [2.24, 2.45) is 7.05 Å². The molecule has 2 N–H and O–H groups in total. The minimum atomic E-state index is -0.424. The summed E-state index contributed by atoms with van der Waals surface area (Å²) in [5.41, 5.74) is 3.39. The molecule has 0 fully saturated rings. The number of benzene rings is 1. The molecule has 2 aromatic heterocycles. The van der Waals surface area contributed by atoms with Crippen molar-refractivity contribution >= 4 is 22.7 Å². The summed E-state index contributed by atoms with van der Waals surface area (Å²) in [6.07, 6.45) is 1.94. The molecule has 8 heteroatoms.